The van der Waals surface area contributed by atoms with Crippen molar-refractivity contribution >= 4 is 40.0 Å². The lowest BCUT2D eigenvalue weighted by atomic mass is 10.1. The number of nitrogens with one attached hydrogen (secondary N) is 3. The monoisotopic (exact) mass is 410 g/mol. The number of halogens is 1. The van der Waals surface area contributed by atoms with Crippen molar-refractivity contribution in [2.45, 2.75) is 6.42 Å². The van der Waals surface area contributed by atoms with E-state index in [9.17, 15) is 18.8 Å². The van der Waals surface area contributed by atoms with Crippen LogP contribution in [0, 0.1) is 5.82 Å². The Balaban J connectivity index is 1.35. The molecule has 3 aromatic rings. The Morgan fingerprint density at radius 3 is 2.87 bits per heavy atom. The molecule has 4 rings (SSSR count). The van der Waals surface area contributed by atoms with Gasteiger partial charge < -0.3 is 25.3 Å². The van der Waals surface area contributed by atoms with Crippen molar-refractivity contribution < 1.29 is 23.5 Å². The van der Waals surface area contributed by atoms with Gasteiger partial charge in [0.2, 0.25) is 0 Å². The first-order valence-corrected chi connectivity index (χ1v) is 9.30. The number of ether oxygens (including phenoxy) is 1. The molecule has 0 radical (unpaired) electrons. The van der Waals surface area contributed by atoms with Gasteiger partial charge in [0.05, 0.1) is 5.69 Å². The number of carbonyl (C=O) groups excluding carboxylic acids is 3. The van der Waals surface area contributed by atoms with Crippen LogP contribution in [-0.4, -0.2) is 42.9 Å². The standard InChI is InChI=1S/C21H19FN4O4/c1-26-17-9-14(3-5-18(17)30-11-19(26)27)25-21(29)20(28)23-7-6-12-10-24-16-4-2-13(22)8-15(12)16/h2-5,8-10,24H,6-7,11H2,1H3,(H,23,28)(H,25,29). The summed E-state index contributed by atoms with van der Waals surface area (Å²) in [5.74, 6) is -1.64. The summed E-state index contributed by atoms with van der Waals surface area (Å²) in [5, 5.41) is 5.80. The topological polar surface area (TPSA) is 104 Å². The lowest BCUT2D eigenvalue weighted by Crippen LogP contribution is -2.37. The minimum atomic E-state index is -0.828. The molecule has 0 fully saturated rings. The number of hydrogen-bond donors (Lipinski definition) is 3. The molecule has 0 aliphatic carbocycles. The molecule has 0 atom stereocenters. The zero-order valence-corrected chi connectivity index (χ0v) is 16.1. The summed E-state index contributed by atoms with van der Waals surface area (Å²) in [6.07, 6.45) is 2.19. The second kappa shape index (κ2) is 7.86. The SMILES string of the molecule is CN1C(=O)COc2ccc(NC(=O)C(=O)NCCc3c[nH]c4ccc(F)cc34)cc21. The van der Waals surface area contributed by atoms with Gasteiger partial charge in [-0.25, -0.2) is 4.39 Å². The number of anilines is 2. The van der Waals surface area contributed by atoms with Crippen molar-refractivity contribution in [2.24, 2.45) is 0 Å². The van der Waals surface area contributed by atoms with Crippen molar-refractivity contribution in [3.8, 4) is 5.75 Å². The number of fused-ring (bicyclic) bond motifs is 2. The molecule has 9 heteroatoms. The highest BCUT2D eigenvalue weighted by molar-refractivity contribution is 6.39. The summed E-state index contributed by atoms with van der Waals surface area (Å²) in [7, 11) is 1.61. The van der Waals surface area contributed by atoms with E-state index in [1.54, 1.807) is 37.5 Å². The second-order valence-corrected chi connectivity index (χ2v) is 6.89. The number of H-pyrrole nitrogens is 1. The van der Waals surface area contributed by atoms with Gasteiger partial charge in [-0.3, -0.25) is 14.4 Å². The van der Waals surface area contributed by atoms with Gasteiger partial charge in [0, 0.05) is 36.4 Å². The summed E-state index contributed by atoms with van der Waals surface area (Å²) in [6.45, 7) is 0.172. The Bertz CT molecular complexity index is 1160. The molecule has 0 saturated heterocycles. The molecule has 1 aliphatic rings. The minimum Gasteiger partial charge on any atom is -0.482 e. The maximum atomic E-state index is 13.4. The predicted molar refractivity (Wildman–Crippen MR) is 109 cm³/mol. The summed E-state index contributed by atoms with van der Waals surface area (Å²) >= 11 is 0. The average Bonchev–Trinajstić information content (AvgIpc) is 3.13. The fourth-order valence-electron chi connectivity index (χ4n) is 3.29. The second-order valence-electron chi connectivity index (χ2n) is 6.89. The molecule has 1 aromatic heterocycles. The highest BCUT2D eigenvalue weighted by Gasteiger charge is 2.23. The quantitative estimate of drug-likeness (QED) is 0.572. The Morgan fingerprint density at radius 1 is 1.20 bits per heavy atom. The average molecular weight is 410 g/mol. The first kappa shape index (κ1) is 19.4. The molecular formula is C21H19FN4O4. The van der Waals surface area contributed by atoms with Crippen LogP contribution in [0.4, 0.5) is 15.8 Å². The molecule has 0 spiro atoms. The first-order chi connectivity index (χ1) is 14.4. The molecular weight excluding hydrogens is 391 g/mol. The molecule has 3 amide bonds. The fourth-order valence-corrected chi connectivity index (χ4v) is 3.29. The molecule has 0 saturated carbocycles. The van der Waals surface area contributed by atoms with Gasteiger partial charge in [0.1, 0.15) is 11.6 Å². The Morgan fingerprint density at radius 2 is 2.03 bits per heavy atom. The molecule has 0 unspecified atom stereocenters. The Hall–Kier alpha value is -3.88. The van der Waals surface area contributed by atoms with Gasteiger partial charge in [0.15, 0.2) is 6.61 Å². The van der Waals surface area contributed by atoms with Crippen LogP contribution in [0.1, 0.15) is 5.56 Å². The number of likely N-dealkylation sites (N-methyl/N-ethyl adjacent to an activating group) is 1. The third kappa shape index (κ3) is 3.82. The molecule has 30 heavy (non-hydrogen) atoms. The molecule has 154 valence electrons. The third-order valence-corrected chi connectivity index (χ3v) is 4.92. The highest BCUT2D eigenvalue weighted by Crippen LogP contribution is 2.33. The lowest BCUT2D eigenvalue weighted by molar-refractivity contribution is -0.136. The number of benzene rings is 2. The van der Waals surface area contributed by atoms with E-state index in [1.165, 1.54) is 17.0 Å². The van der Waals surface area contributed by atoms with E-state index in [-0.39, 0.29) is 24.9 Å². The van der Waals surface area contributed by atoms with Gasteiger partial charge in [-0.05, 0) is 48.4 Å². The largest absolute Gasteiger partial charge is 0.482 e. The van der Waals surface area contributed by atoms with Crippen LogP contribution < -0.4 is 20.3 Å². The van der Waals surface area contributed by atoms with Crippen molar-refractivity contribution in [3.63, 3.8) is 0 Å². The van der Waals surface area contributed by atoms with Crippen LogP contribution in [0.15, 0.2) is 42.6 Å². The molecule has 1 aliphatic heterocycles. The Labute approximate surface area is 171 Å². The van der Waals surface area contributed by atoms with Crippen LogP contribution in [0.3, 0.4) is 0 Å². The van der Waals surface area contributed by atoms with Crippen molar-refractivity contribution in [1.29, 1.82) is 0 Å². The van der Waals surface area contributed by atoms with E-state index in [1.807, 2.05) is 0 Å². The number of rotatable bonds is 4. The molecule has 2 aromatic carbocycles. The number of hydrogen-bond acceptors (Lipinski definition) is 4. The number of carbonyl (C=O) groups is 3. The first-order valence-electron chi connectivity index (χ1n) is 9.30. The van der Waals surface area contributed by atoms with Crippen molar-refractivity contribution in [2.75, 3.05) is 30.4 Å². The summed E-state index contributed by atoms with van der Waals surface area (Å²) < 4.78 is 18.8. The van der Waals surface area contributed by atoms with Gasteiger partial charge in [-0.2, -0.15) is 0 Å². The van der Waals surface area contributed by atoms with Gasteiger partial charge >= 0.3 is 11.8 Å². The molecule has 3 N–H and O–H groups in total. The van der Waals surface area contributed by atoms with Crippen molar-refractivity contribution in [3.05, 3.63) is 54.0 Å². The van der Waals surface area contributed by atoms with Gasteiger partial charge in [0.25, 0.3) is 5.91 Å². The zero-order valence-electron chi connectivity index (χ0n) is 16.1. The number of amides is 3. The van der Waals surface area contributed by atoms with E-state index >= 15 is 0 Å². The van der Waals surface area contributed by atoms with Crippen LogP contribution in [0.2, 0.25) is 0 Å². The van der Waals surface area contributed by atoms with Gasteiger partial charge in [-0.15, -0.1) is 0 Å². The maximum absolute atomic E-state index is 13.4. The lowest BCUT2D eigenvalue weighted by Gasteiger charge is -2.26. The van der Waals surface area contributed by atoms with E-state index < -0.39 is 11.8 Å². The normalized spacial score (nSPS) is 13.0. The van der Waals surface area contributed by atoms with E-state index in [4.69, 9.17) is 4.74 Å². The zero-order chi connectivity index (χ0) is 21.3. The third-order valence-electron chi connectivity index (χ3n) is 4.92. The van der Waals surface area contributed by atoms with Crippen LogP contribution >= 0.6 is 0 Å². The van der Waals surface area contributed by atoms with E-state index in [0.717, 1.165) is 16.5 Å². The van der Waals surface area contributed by atoms with Crippen LogP contribution in [0.25, 0.3) is 10.9 Å². The number of aromatic nitrogens is 1. The smallest absolute Gasteiger partial charge is 0.313 e. The maximum Gasteiger partial charge on any atom is 0.313 e. The highest BCUT2D eigenvalue weighted by atomic mass is 19.1. The number of nitrogens with zero attached hydrogens (tertiary/aromatic N) is 1. The van der Waals surface area contributed by atoms with Gasteiger partial charge in [-0.1, -0.05) is 0 Å². The van der Waals surface area contributed by atoms with Crippen LogP contribution in [0.5, 0.6) is 5.75 Å². The van der Waals surface area contributed by atoms with E-state index in [0.29, 0.717) is 23.5 Å². The van der Waals surface area contributed by atoms with Crippen LogP contribution in [-0.2, 0) is 20.8 Å². The summed E-state index contributed by atoms with van der Waals surface area (Å²) in [6, 6.07) is 9.23. The summed E-state index contributed by atoms with van der Waals surface area (Å²) in [5.41, 5.74) is 2.52. The predicted octanol–water partition coefficient (Wildman–Crippen LogP) is 1.96. The Kier molecular flexibility index (Phi) is 5.09. The van der Waals surface area contributed by atoms with Crippen molar-refractivity contribution in [1.82, 2.24) is 10.3 Å². The summed E-state index contributed by atoms with van der Waals surface area (Å²) in [4.78, 5) is 40.5. The molecule has 0 bridgehead atoms. The molecule has 8 nitrogen and oxygen atoms in total. The molecule has 2 heterocycles. The number of aromatic amines is 1. The van der Waals surface area contributed by atoms with E-state index in [2.05, 4.69) is 15.6 Å². The minimum absolute atomic E-state index is 0.0410. The fraction of sp³-hybridized carbons (Fsp3) is 0.190.